The Morgan fingerprint density at radius 2 is 2.07 bits per heavy atom. The zero-order chi connectivity index (χ0) is 11.0. The van der Waals surface area contributed by atoms with Gasteiger partial charge in [0.15, 0.2) is 0 Å². The number of nitrogens with two attached hydrogens (primary N) is 1. The van der Waals surface area contributed by atoms with Crippen LogP contribution in [-0.4, -0.2) is 7.11 Å². The molecule has 0 saturated carbocycles. The van der Waals surface area contributed by atoms with Crippen molar-refractivity contribution in [3.05, 3.63) is 34.2 Å². The summed E-state index contributed by atoms with van der Waals surface area (Å²) in [5, 5.41) is 0.760. The van der Waals surface area contributed by atoms with Crippen LogP contribution in [0.15, 0.2) is 27.4 Å². The van der Waals surface area contributed by atoms with Gasteiger partial charge in [0.2, 0.25) is 0 Å². The number of fused-ring (bicyclic) bond motifs is 1. The summed E-state index contributed by atoms with van der Waals surface area (Å²) >= 11 is 0. The van der Waals surface area contributed by atoms with Gasteiger partial charge in [-0.1, -0.05) is 0 Å². The van der Waals surface area contributed by atoms with E-state index in [1.54, 1.807) is 13.2 Å². The average Bonchev–Trinajstić information content (AvgIpc) is 2.15. The molecule has 2 rings (SSSR count). The molecule has 0 radical (unpaired) electrons. The minimum Gasteiger partial charge on any atom is -0.497 e. The number of rotatable bonds is 1. The van der Waals surface area contributed by atoms with Crippen molar-refractivity contribution in [2.45, 2.75) is 6.92 Å². The van der Waals surface area contributed by atoms with Gasteiger partial charge >= 0.3 is 5.63 Å². The van der Waals surface area contributed by atoms with E-state index < -0.39 is 5.63 Å². The fourth-order valence-corrected chi connectivity index (χ4v) is 1.63. The SMILES string of the molecule is COc1cc(C)c2c(N)cc(=O)oc2c1. The topological polar surface area (TPSA) is 65.5 Å². The van der Waals surface area contributed by atoms with Gasteiger partial charge in [0.1, 0.15) is 11.3 Å². The van der Waals surface area contributed by atoms with Crippen LogP contribution in [0.3, 0.4) is 0 Å². The molecule has 78 valence electrons. The van der Waals surface area contributed by atoms with Gasteiger partial charge in [0.05, 0.1) is 12.8 Å². The third-order valence-corrected chi connectivity index (χ3v) is 2.28. The molecule has 0 atom stereocenters. The Hall–Kier alpha value is -1.97. The Morgan fingerprint density at radius 3 is 2.73 bits per heavy atom. The highest BCUT2D eigenvalue weighted by Crippen LogP contribution is 2.27. The highest BCUT2D eigenvalue weighted by molar-refractivity contribution is 5.92. The summed E-state index contributed by atoms with van der Waals surface area (Å²) in [5.41, 5.74) is 7.11. The number of anilines is 1. The van der Waals surface area contributed by atoms with Crippen molar-refractivity contribution in [2.75, 3.05) is 12.8 Å². The van der Waals surface area contributed by atoms with Crippen LogP contribution in [0.25, 0.3) is 11.0 Å². The predicted molar refractivity (Wildman–Crippen MR) is 58.2 cm³/mol. The molecule has 15 heavy (non-hydrogen) atoms. The summed E-state index contributed by atoms with van der Waals surface area (Å²) in [5.74, 6) is 0.647. The number of benzene rings is 1. The minimum absolute atomic E-state index is 0.432. The third kappa shape index (κ3) is 1.54. The first-order valence-electron chi connectivity index (χ1n) is 4.50. The molecule has 0 bridgehead atoms. The van der Waals surface area contributed by atoms with E-state index in [1.807, 2.05) is 13.0 Å². The van der Waals surface area contributed by atoms with Gasteiger partial charge in [0, 0.05) is 17.5 Å². The third-order valence-electron chi connectivity index (χ3n) is 2.28. The monoisotopic (exact) mass is 205 g/mol. The molecule has 0 aliphatic heterocycles. The largest absolute Gasteiger partial charge is 0.497 e. The molecule has 4 nitrogen and oxygen atoms in total. The lowest BCUT2D eigenvalue weighted by Gasteiger charge is -2.06. The Labute approximate surface area is 86.3 Å². The second-order valence-electron chi connectivity index (χ2n) is 3.34. The van der Waals surface area contributed by atoms with Crippen LogP contribution < -0.4 is 16.1 Å². The first-order chi connectivity index (χ1) is 7.11. The van der Waals surface area contributed by atoms with Crippen LogP contribution in [-0.2, 0) is 0 Å². The van der Waals surface area contributed by atoms with Crippen LogP contribution in [0.1, 0.15) is 5.56 Å². The second-order valence-corrected chi connectivity index (χ2v) is 3.34. The number of hydrogen-bond acceptors (Lipinski definition) is 4. The van der Waals surface area contributed by atoms with Crippen molar-refractivity contribution >= 4 is 16.7 Å². The van der Waals surface area contributed by atoms with Crippen LogP contribution in [0, 0.1) is 6.92 Å². The molecule has 0 aliphatic carbocycles. The predicted octanol–water partition coefficient (Wildman–Crippen LogP) is 1.69. The van der Waals surface area contributed by atoms with Crippen LogP contribution >= 0.6 is 0 Å². The summed E-state index contributed by atoms with van der Waals surface area (Å²) in [6.45, 7) is 1.89. The maximum atomic E-state index is 11.1. The quantitative estimate of drug-likeness (QED) is 0.719. The van der Waals surface area contributed by atoms with E-state index in [2.05, 4.69) is 0 Å². The zero-order valence-corrected chi connectivity index (χ0v) is 8.53. The summed E-state index contributed by atoms with van der Waals surface area (Å²) in [6, 6.07) is 4.78. The fourth-order valence-electron chi connectivity index (χ4n) is 1.63. The van der Waals surface area contributed by atoms with Gasteiger partial charge in [-0.3, -0.25) is 0 Å². The molecule has 1 aromatic carbocycles. The Balaban J connectivity index is 2.91. The molecule has 1 heterocycles. The van der Waals surface area contributed by atoms with Gasteiger partial charge in [-0.25, -0.2) is 4.79 Å². The second kappa shape index (κ2) is 3.31. The lowest BCUT2D eigenvalue weighted by molar-refractivity contribution is 0.413. The number of hydrogen-bond donors (Lipinski definition) is 1. The lowest BCUT2D eigenvalue weighted by atomic mass is 10.1. The van der Waals surface area contributed by atoms with Crippen molar-refractivity contribution in [1.29, 1.82) is 0 Å². The Morgan fingerprint density at radius 1 is 1.33 bits per heavy atom. The molecule has 0 unspecified atom stereocenters. The number of ether oxygens (including phenoxy) is 1. The van der Waals surface area contributed by atoms with Gasteiger partial charge in [-0.2, -0.15) is 0 Å². The smallest absolute Gasteiger partial charge is 0.338 e. The number of methoxy groups -OCH3 is 1. The molecule has 2 aromatic rings. The van der Waals surface area contributed by atoms with E-state index in [0.29, 0.717) is 17.0 Å². The van der Waals surface area contributed by atoms with Crippen molar-refractivity contribution in [1.82, 2.24) is 0 Å². The lowest BCUT2D eigenvalue weighted by Crippen LogP contribution is -2.01. The van der Waals surface area contributed by atoms with E-state index >= 15 is 0 Å². The summed E-state index contributed by atoms with van der Waals surface area (Å²) < 4.78 is 10.1. The minimum atomic E-state index is -0.451. The van der Waals surface area contributed by atoms with E-state index in [0.717, 1.165) is 10.9 Å². The molecular formula is C11H11NO3. The van der Waals surface area contributed by atoms with E-state index in [9.17, 15) is 4.79 Å². The molecule has 2 N–H and O–H groups in total. The van der Waals surface area contributed by atoms with E-state index in [1.165, 1.54) is 6.07 Å². The average molecular weight is 205 g/mol. The maximum Gasteiger partial charge on any atom is 0.338 e. The molecule has 0 fully saturated rings. The number of aryl methyl sites for hydroxylation is 1. The summed E-state index contributed by atoms with van der Waals surface area (Å²) in [4.78, 5) is 11.1. The molecule has 1 aromatic heterocycles. The highest BCUT2D eigenvalue weighted by atomic mass is 16.5. The molecule has 0 saturated heterocycles. The molecule has 4 heteroatoms. The van der Waals surface area contributed by atoms with Crippen molar-refractivity contribution < 1.29 is 9.15 Å². The van der Waals surface area contributed by atoms with Crippen molar-refractivity contribution in [3.63, 3.8) is 0 Å². The highest BCUT2D eigenvalue weighted by Gasteiger charge is 2.07. The van der Waals surface area contributed by atoms with Crippen LogP contribution in [0.2, 0.25) is 0 Å². The van der Waals surface area contributed by atoms with E-state index in [-0.39, 0.29) is 0 Å². The van der Waals surface area contributed by atoms with Gasteiger partial charge in [-0.15, -0.1) is 0 Å². The summed E-state index contributed by atoms with van der Waals surface area (Å²) in [6.07, 6.45) is 0. The fraction of sp³-hybridized carbons (Fsp3) is 0.182. The molecule has 0 amide bonds. The van der Waals surface area contributed by atoms with Gasteiger partial charge < -0.3 is 14.9 Å². The van der Waals surface area contributed by atoms with Crippen molar-refractivity contribution in [3.8, 4) is 5.75 Å². The standard InChI is InChI=1S/C11H11NO3/c1-6-3-7(14-2)4-9-11(6)8(12)5-10(13)15-9/h3-5H,12H2,1-2H3. The molecular weight excluding hydrogens is 194 g/mol. The normalized spacial score (nSPS) is 10.5. The van der Waals surface area contributed by atoms with Crippen LogP contribution in [0.4, 0.5) is 5.69 Å². The number of nitrogen functional groups attached to an aromatic ring is 1. The summed E-state index contributed by atoms with van der Waals surface area (Å²) in [7, 11) is 1.56. The Bertz CT molecular complexity index is 572. The van der Waals surface area contributed by atoms with Crippen LogP contribution in [0.5, 0.6) is 5.75 Å². The van der Waals surface area contributed by atoms with Gasteiger partial charge in [0.25, 0.3) is 0 Å². The Kier molecular flexibility index (Phi) is 2.11. The van der Waals surface area contributed by atoms with Crippen molar-refractivity contribution in [2.24, 2.45) is 0 Å². The molecule has 0 spiro atoms. The zero-order valence-electron chi connectivity index (χ0n) is 8.53. The maximum absolute atomic E-state index is 11.1. The van der Waals surface area contributed by atoms with E-state index in [4.69, 9.17) is 14.9 Å². The first-order valence-corrected chi connectivity index (χ1v) is 4.50. The van der Waals surface area contributed by atoms with Gasteiger partial charge in [-0.05, 0) is 18.6 Å². The first kappa shape index (κ1) is 9.58. The molecule has 0 aliphatic rings.